The van der Waals surface area contributed by atoms with Crippen LogP contribution in [-0.2, 0) is 6.54 Å². The lowest BCUT2D eigenvalue weighted by molar-refractivity contribution is 0.0977. The summed E-state index contributed by atoms with van der Waals surface area (Å²) < 4.78 is 18.3. The molecule has 0 atom stereocenters. The van der Waals surface area contributed by atoms with Crippen LogP contribution in [0.4, 0.5) is 10.1 Å². The summed E-state index contributed by atoms with van der Waals surface area (Å²) in [4.78, 5) is 21.0. The van der Waals surface area contributed by atoms with Gasteiger partial charge < -0.3 is 10.1 Å². The van der Waals surface area contributed by atoms with Gasteiger partial charge in [0, 0.05) is 29.7 Å². The number of amides is 1. The number of hydrogen-bond donors (Lipinski definition) is 2. The summed E-state index contributed by atoms with van der Waals surface area (Å²) in [5.74, 6) is 0.116. The first-order valence-corrected chi connectivity index (χ1v) is 8.55. The third-order valence-corrected chi connectivity index (χ3v) is 3.81. The highest BCUT2D eigenvalue weighted by atomic mass is 19.1. The zero-order chi connectivity index (χ0) is 19.8. The van der Waals surface area contributed by atoms with Crippen molar-refractivity contribution in [3.8, 4) is 5.75 Å². The molecule has 0 saturated heterocycles. The highest BCUT2D eigenvalue weighted by Crippen LogP contribution is 2.16. The molecule has 1 amide bonds. The Kier molecular flexibility index (Phi) is 6.30. The Balaban J connectivity index is 1.80. The lowest BCUT2D eigenvalue weighted by Gasteiger charge is -2.13. The average molecular weight is 378 g/mol. The molecule has 142 valence electrons. The molecule has 2 N–H and O–H groups in total. The van der Waals surface area contributed by atoms with Crippen molar-refractivity contribution < 1.29 is 13.9 Å². The Morgan fingerprint density at radius 1 is 1.14 bits per heavy atom. The maximum atomic E-state index is 13.1. The number of carbonyl (C=O) groups is 1. The summed E-state index contributed by atoms with van der Waals surface area (Å²) in [5, 5.41) is 5.80. The summed E-state index contributed by atoms with van der Waals surface area (Å²) in [7, 11) is 1.58. The van der Waals surface area contributed by atoms with Gasteiger partial charge in [0.2, 0.25) is 5.96 Å². The van der Waals surface area contributed by atoms with Crippen molar-refractivity contribution in [3.05, 3.63) is 90.0 Å². The van der Waals surface area contributed by atoms with E-state index in [9.17, 15) is 9.18 Å². The van der Waals surface area contributed by atoms with E-state index in [1.165, 1.54) is 24.3 Å². The van der Waals surface area contributed by atoms with E-state index in [0.29, 0.717) is 23.5 Å². The zero-order valence-electron chi connectivity index (χ0n) is 15.2. The van der Waals surface area contributed by atoms with Crippen molar-refractivity contribution in [2.75, 3.05) is 12.4 Å². The number of rotatable bonds is 5. The second-order valence-corrected chi connectivity index (χ2v) is 5.84. The molecule has 2 aromatic carbocycles. The fourth-order valence-electron chi connectivity index (χ4n) is 2.39. The van der Waals surface area contributed by atoms with Gasteiger partial charge in [-0.15, -0.1) is 0 Å². The van der Waals surface area contributed by atoms with Crippen LogP contribution in [0.25, 0.3) is 0 Å². The highest BCUT2D eigenvalue weighted by Gasteiger charge is 2.10. The number of guanidine groups is 1. The molecule has 1 aromatic heterocycles. The van der Waals surface area contributed by atoms with Crippen molar-refractivity contribution in [3.63, 3.8) is 0 Å². The molecule has 3 aromatic rings. The number of aromatic nitrogens is 1. The smallest absolute Gasteiger partial charge is 0.257 e. The molecular formula is C21H19FN4O2. The molecule has 0 aliphatic carbocycles. The number of aliphatic imine (C=N–C) groups is 1. The standard InChI is InChI=1S/C21H19FN4O2/c1-28-19-6-2-5-18(12-19)25-21(24-14-15-4-3-11-23-13-15)26-20(27)16-7-9-17(22)10-8-16/h2-13H,14H2,1H3,(H2,24,25,26,27). The largest absolute Gasteiger partial charge is 0.497 e. The van der Waals surface area contributed by atoms with E-state index in [1.54, 1.807) is 25.6 Å². The van der Waals surface area contributed by atoms with Crippen LogP contribution in [0.2, 0.25) is 0 Å². The number of carbonyl (C=O) groups excluding carboxylic acids is 1. The minimum absolute atomic E-state index is 0.256. The van der Waals surface area contributed by atoms with Gasteiger partial charge in [0.25, 0.3) is 5.91 Å². The number of halogens is 1. The van der Waals surface area contributed by atoms with Gasteiger partial charge in [-0.25, -0.2) is 9.38 Å². The summed E-state index contributed by atoms with van der Waals surface area (Å²) >= 11 is 0. The van der Waals surface area contributed by atoms with Gasteiger partial charge in [0.05, 0.1) is 13.7 Å². The fraction of sp³-hybridized carbons (Fsp3) is 0.0952. The molecule has 0 unspecified atom stereocenters. The third kappa shape index (κ3) is 5.38. The van der Waals surface area contributed by atoms with E-state index in [0.717, 1.165) is 5.56 Å². The molecule has 3 rings (SSSR count). The van der Waals surface area contributed by atoms with Crippen LogP contribution >= 0.6 is 0 Å². The lowest BCUT2D eigenvalue weighted by Crippen LogP contribution is -2.36. The predicted octanol–water partition coefficient (Wildman–Crippen LogP) is 3.63. The minimum Gasteiger partial charge on any atom is -0.497 e. The molecule has 0 spiro atoms. The van der Waals surface area contributed by atoms with E-state index < -0.39 is 11.7 Å². The van der Waals surface area contributed by atoms with E-state index in [2.05, 4.69) is 20.6 Å². The summed E-state index contributed by atoms with van der Waals surface area (Å²) in [5.41, 5.74) is 1.91. The van der Waals surface area contributed by atoms with Crippen molar-refractivity contribution in [2.45, 2.75) is 6.54 Å². The molecule has 0 fully saturated rings. The molecular weight excluding hydrogens is 359 g/mol. The van der Waals surface area contributed by atoms with Gasteiger partial charge in [-0.3, -0.25) is 15.1 Å². The van der Waals surface area contributed by atoms with Gasteiger partial charge in [0.15, 0.2) is 0 Å². The van der Waals surface area contributed by atoms with Gasteiger partial charge in [-0.1, -0.05) is 12.1 Å². The van der Waals surface area contributed by atoms with E-state index >= 15 is 0 Å². The fourth-order valence-corrected chi connectivity index (χ4v) is 2.39. The summed E-state index contributed by atoms with van der Waals surface area (Å²) in [6.45, 7) is 0.323. The first-order valence-electron chi connectivity index (χ1n) is 8.55. The molecule has 28 heavy (non-hydrogen) atoms. The number of nitrogens with zero attached hydrogens (tertiary/aromatic N) is 2. The number of nitrogens with one attached hydrogen (secondary N) is 2. The van der Waals surface area contributed by atoms with Gasteiger partial charge >= 0.3 is 0 Å². The van der Waals surface area contributed by atoms with Crippen molar-refractivity contribution >= 4 is 17.6 Å². The Morgan fingerprint density at radius 2 is 1.96 bits per heavy atom. The maximum Gasteiger partial charge on any atom is 0.257 e. The maximum absolute atomic E-state index is 13.1. The monoisotopic (exact) mass is 378 g/mol. The number of hydrogen-bond acceptors (Lipinski definition) is 4. The van der Waals surface area contributed by atoms with Gasteiger partial charge in [-0.2, -0.15) is 0 Å². The van der Waals surface area contributed by atoms with Crippen LogP contribution in [0.5, 0.6) is 5.75 Å². The second-order valence-electron chi connectivity index (χ2n) is 5.84. The second kappa shape index (κ2) is 9.27. The van der Waals surface area contributed by atoms with E-state index in [-0.39, 0.29) is 5.96 Å². The van der Waals surface area contributed by atoms with E-state index in [1.807, 2.05) is 30.3 Å². The Morgan fingerprint density at radius 3 is 2.68 bits per heavy atom. The van der Waals surface area contributed by atoms with Crippen molar-refractivity contribution in [1.82, 2.24) is 10.3 Å². The molecule has 6 nitrogen and oxygen atoms in total. The first-order chi connectivity index (χ1) is 13.6. The summed E-state index contributed by atoms with van der Waals surface area (Å²) in [6.07, 6.45) is 3.38. The SMILES string of the molecule is COc1cccc(NC(=NCc2cccnc2)NC(=O)c2ccc(F)cc2)c1. The molecule has 0 aliphatic rings. The number of methoxy groups -OCH3 is 1. The number of anilines is 1. The van der Waals surface area contributed by atoms with Crippen LogP contribution in [0.3, 0.4) is 0 Å². The Labute approximate surface area is 162 Å². The molecule has 1 heterocycles. The van der Waals surface area contributed by atoms with E-state index in [4.69, 9.17) is 4.74 Å². The van der Waals surface area contributed by atoms with Crippen LogP contribution in [0, 0.1) is 5.82 Å². The lowest BCUT2D eigenvalue weighted by atomic mass is 10.2. The van der Waals surface area contributed by atoms with Gasteiger partial charge in [0.1, 0.15) is 11.6 Å². The van der Waals surface area contributed by atoms with Crippen molar-refractivity contribution in [2.24, 2.45) is 4.99 Å². The number of pyridine rings is 1. The quantitative estimate of drug-likeness (QED) is 0.525. The Hall–Kier alpha value is -3.74. The molecule has 0 bridgehead atoms. The molecule has 0 aliphatic heterocycles. The minimum atomic E-state index is -0.406. The first kappa shape index (κ1) is 19.0. The number of benzene rings is 2. The topological polar surface area (TPSA) is 75.6 Å². The molecule has 0 radical (unpaired) electrons. The highest BCUT2D eigenvalue weighted by molar-refractivity contribution is 6.09. The molecule has 0 saturated carbocycles. The average Bonchev–Trinajstić information content (AvgIpc) is 2.73. The Bertz CT molecular complexity index is 960. The van der Waals surface area contributed by atoms with Crippen LogP contribution in [0.1, 0.15) is 15.9 Å². The van der Waals surface area contributed by atoms with Crippen molar-refractivity contribution in [1.29, 1.82) is 0 Å². The van der Waals surface area contributed by atoms with Crippen LogP contribution < -0.4 is 15.4 Å². The predicted molar refractivity (Wildman–Crippen MR) is 106 cm³/mol. The number of ether oxygens (including phenoxy) is 1. The molecule has 7 heteroatoms. The summed E-state index contributed by atoms with van der Waals surface area (Å²) in [6, 6.07) is 16.2. The normalized spacial score (nSPS) is 11.0. The zero-order valence-corrected chi connectivity index (χ0v) is 15.2. The third-order valence-electron chi connectivity index (χ3n) is 3.81. The van der Waals surface area contributed by atoms with Gasteiger partial charge in [-0.05, 0) is 48.0 Å². The van der Waals surface area contributed by atoms with Crippen LogP contribution in [0.15, 0.2) is 78.0 Å². The van der Waals surface area contributed by atoms with Crippen LogP contribution in [-0.4, -0.2) is 24.0 Å².